The number of hydrogen-bond donors (Lipinski definition) is 2. The van der Waals surface area contributed by atoms with Crippen molar-refractivity contribution in [2.75, 3.05) is 6.79 Å². The first-order valence-electron chi connectivity index (χ1n) is 7.41. The summed E-state index contributed by atoms with van der Waals surface area (Å²) >= 11 is 0. The molecule has 24 heavy (non-hydrogen) atoms. The number of ether oxygens (including phenoxy) is 2. The zero-order valence-corrected chi connectivity index (χ0v) is 12.9. The van der Waals surface area contributed by atoms with Gasteiger partial charge in [0.1, 0.15) is 0 Å². The molecule has 0 aliphatic carbocycles. The van der Waals surface area contributed by atoms with Crippen molar-refractivity contribution >= 4 is 6.03 Å². The monoisotopic (exact) mass is 334 g/mol. The van der Waals surface area contributed by atoms with Gasteiger partial charge in [0.2, 0.25) is 6.79 Å². The van der Waals surface area contributed by atoms with E-state index in [1.165, 1.54) is 6.07 Å². The van der Waals surface area contributed by atoms with Crippen LogP contribution in [0.4, 0.5) is 13.6 Å². The number of halogens is 2. The Balaban J connectivity index is 1.54. The van der Waals surface area contributed by atoms with Crippen molar-refractivity contribution in [1.29, 1.82) is 0 Å². The second-order valence-electron chi connectivity index (χ2n) is 5.41. The number of rotatable bonds is 4. The fraction of sp³-hybridized carbons (Fsp3) is 0.235. The first-order valence-corrected chi connectivity index (χ1v) is 7.41. The van der Waals surface area contributed by atoms with Gasteiger partial charge in [-0.2, -0.15) is 0 Å². The van der Waals surface area contributed by atoms with Crippen LogP contribution in [0.15, 0.2) is 36.4 Å². The molecule has 126 valence electrons. The van der Waals surface area contributed by atoms with E-state index in [9.17, 15) is 13.6 Å². The zero-order chi connectivity index (χ0) is 17.1. The third-order valence-corrected chi connectivity index (χ3v) is 3.68. The Morgan fingerprint density at radius 3 is 2.71 bits per heavy atom. The van der Waals surface area contributed by atoms with Crippen molar-refractivity contribution < 1.29 is 23.0 Å². The van der Waals surface area contributed by atoms with Crippen molar-refractivity contribution in [3.8, 4) is 11.5 Å². The summed E-state index contributed by atoms with van der Waals surface area (Å²) in [6.07, 6.45) is 0. The lowest BCUT2D eigenvalue weighted by Crippen LogP contribution is -2.36. The zero-order valence-electron chi connectivity index (χ0n) is 12.9. The largest absolute Gasteiger partial charge is 0.454 e. The number of amides is 2. The van der Waals surface area contributed by atoms with Crippen LogP contribution >= 0.6 is 0 Å². The predicted octanol–water partition coefficient (Wildman–Crippen LogP) is 3.25. The van der Waals surface area contributed by atoms with E-state index < -0.39 is 23.7 Å². The van der Waals surface area contributed by atoms with Crippen LogP contribution in [-0.2, 0) is 6.54 Å². The quantitative estimate of drug-likeness (QED) is 0.902. The summed E-state index contributed by atoms with van der Waals surface area (Å²) in [7, 11) is 0. The van der Waals surface area contributed by atoms with Gasteiger partial charge in [-0.1, -0.05) is 12.1 Å². The molecule has 2 amide bonds. The number of benzene rings is 2. The summed E-state index contributed by atoms with van der Waals surface area (Å²) in [5.74, 6) is -0.542. The van der Waals surface area contributed by atoms with Gasteiger partial charge >= 0.3 is 6.03 Å². The van der Waals surface area contributed by atoms with Crippen molar-refractivity contribution in [2.45, 2.75) is 19.5 Å². The van der Waals surface area contributed by atoms with Gasteiger partial charge in [0.25, 0.3) is 0 Å². The van der Waals surface area contributed by atoms with E-state index in [1.807, 2.05) is 6.07 Å². The van der Waals surface area contributed by atoms with E-state index in [0.717, 1.165) is 17.7 Å². The minimum absolute atomic E-state index is 0.193. The molecule has 0 saturated carbocycles. The van der Waals surface area contributed by atoms with Crippen LogP contribution < -0.4 is 20.1 Å². The lowest BCUT2D eigenvalue weighted by molar-refractivity contribution is 0.174. The summed E-state index contributed by atoms with van der Waals surface area (Å²) in [5.41, 5.74) is 1.34. The van der Waals surface area contributed by atoms with Crippen LogP contribution in [0.25, 0.3) is 0 Å². The number of carbonyl (C=O) groups is 1. The Labute approximate surface area is 137 Å². The molecule has 1 heterocycles. The highest BCUT2D eigenvalue weighted by atomic mass is 19.2. The standard InChI is InChI=1S/C17H16F2N2O3/c1-10(12-3-4-13(18)14(19)7-12)21-17(22)20-8-11-2-5-15-16(6-11)24-9-23-15/h2-7,10H,8-9H2,1H3,(H2,20,21,22). The average molecular weight is 334 g/mol. The molecule has 0 saturated heterocycles. The molecular weight excluding hydrogens is 318 g/mol. The van der Waals surface area contributed by atoms with Gasteiger partial charge in [0, 0.05) is 6.54 Å². The van der Waals surface area contributed by atoms with Crippen molar-refractivity contribution in [1.82, 2.24) is 10.6 Å². The molecule has 2 aromatic carbocycles. The van der Waals surface area contributed by atoms with Crippen molar-refractivity contribution in [3.63, 3.8) is 0 Å². The molecule has 7 heteroatoms. The van der Waals surface area contributed by atoms with Gasteiger partial charge in [0.05, 0.1) is 6.04 Å². The summed E-state index contributed by atoms with van der Waals surface area (Å²) in [4.78, 5) is 11.9. The Bertz CT molecular complexity index is 767. The number of nitrogens with one attached hydrogen (secondary N) is 2. The van der Waals surface area contributed by atoms with Crippen LogP contribution in [0.1, 0.15) is 24.1 Å². The molecule has 2 N–H and O–H groups in total. The van der Waals surface area contributed by atoms with Crippen LogP contribution in [0, 0.1) is 11.6 Å². The molecule has 1 aliphatic rings. The molecule has 0 aromatic heterocycles. The molecule has 1 unspecified atom stereocenters. The van der Waals surface area contributed by atoms with Crippen LogP contribution in [0.3, 0.4) is 0 Å². The normalized spacial score (nSPS) is 13.5. The van der Waals surface area contributed by atoms with Crippen LogP contribution in [0.5, 0.6) is 11.5 Å². The molecule has 0 radical (unpaired) electrons. The van der Waals surface area contributed by atoms with E-state index in [1.54, 1.807) is 19.1 Å². The molecular formula is C17H16F2N2O3. The number of hydrogen-bond acceptors (Lipinski definition) is 3. The summed E-state index contributed by atoms with van der Waals surface area (Å²) in [5, 5.41) is 5.37. The number of carbonyl (C=O) groups excluding carboxylic acids is 1. The van der Waals surface area contributed by atoms with Gasteiger partial charge in [-0.25, -0.2) is 13.6 Å². The minimum atomic E-state index is -0.943. The lowest BCUT2D eigenvalue weighted by atomic mass is 10.1. The van der Waals surface area contributed by atoms with Gasteiger partial charge in [-0.15, -0.1) is 0 Å². The van der Waals surface area contributed by atoms with Crippen LogP contribution in [-0.4, -0.2) is 12.8 Å². The fourth-order valence-corrected chi connectivity index (χ4v) is 2.35. The third-order valence-electron chi connectivity index (χ3n) is 3.68. The number of fused-ring (bicyclic) bond motifs is 1. The highest BCUT2D eigenvalue weighted by molar-refractivity contribution is 5.74. The summed E-state index contributed by atoms with van der Waals surface area (Å²) < 4.78 is 36.7. The average Bonchev–Trinajstić information content (AvgIpc) is 3.03. The third kappa shape index (κ3) is 3.56. The Kier molecular flexibility index (Phi) is 4.50. The van der Waals surface area contributed by atoms with E-state index in [4.69, 9.17) is 9.47 Å². The molecule has 0 fully saturated rings. The molecule has 1 aliphatic heterocycles. The fourth-order valence-electron chi connectivity index (χ4n) is 2.35. The molecule has 3 rings (SSSR count). The Morgan fingerprint density at radius 1 is 1.12 bits per heavy atom. The minimum Gasteiger partial charge on any atom is -0.454 e. The SMILES string of the molecule is CC(NC(=O)NCc1ccc2c(c1)OCO2)c1ccc(F)c(F)c1. The van der Waals surface area contributed by atoms with Gasteiger partial charge in [0.15, 0.2) is 23.1 Å². The lowest BCUT2D eigenvalue weighted by Gasteiger charge is -2.15. The topological polar surface area (TPSA) is 59.6 Å². The van der Waals surface area contributed by atoms with E-state index in [0.29, 0.717) is 23.6 Å². The Hall–Kier alpha value is -2.83. The molecule has 2 aromatic rings. The predicted molar refractivity (Wildman–Crippen MR) is 82.7 cm³/mol. The maximum absolute atomic E-state index is 13.2. The number of urea groups is 1. The molecule has 5 nitrogen and oxygen atoms in total. The van der Waals surface area contributed by atoms with E-state index in [-0.39, 0.29) is 6.79 Å². The molecule has 1 atom stereocenters. The first kappa shape index (κ1) is 16.0. The second kappa shape index (κ2) is 6.74. The first-order chi connectivity index (χ1) is 11.5. The molecule has 0 spiro atoms. The second-order valence-corrected chi connectivity index (χ2v) is 5.41. The van der Waals surface area contributed by atoms with Gasteiger partial charge in [-0.3, -0.25) is 0 Å². The molecule has 0 bridgehead atoms. The highest BCUT2D eigenvalue weighted by Crippen LogP contribution is 2.32. The van der Waals surface area contributed by atoms with E-state index >= 15 is 0 Å². The smallest absolute Gasteiger partial charge is 0.315 e. The van der Waals surface area contributed by atoms with Crippen molar-refractivity contribution in [3.05, 3.63) is 59.2 Å². The van der Waals surface area contributed by atoms with Gasteiger partial charge < -0.3 is 20.1 Å². The van der Waals surface area contributed by atoms with Gasteiger partial charge in [-0.05, 0) is 42.3 Å². The van der Waals surface area contributed by atoms with Crippen molar-refractivity contribution in [2.24, 2.45) is 0 Å². The Morgan fingerprint density at radius 2 is 1.92 bits per heavy atom. The highest BCUT2D eigenvalue weighted by Gasteiger charge is 2.14. The van der Waals surface area contributed by atoms with E-state index in [2.05, 4.69) is 10.6 Å². The van der Waals surface area contributed by atoms with Crippen LogP contribution in [0.2, 0.25) is 0 Å². The maximum atomic E-state index is 13.2. The summed E-state index contributed by atoms with van der Waals surface area (Å²) in [6.45, 7) is 2.18. The maximum Gasteiger partial charge on any atom is 0.315 e. The summed E-state index contributed by atoms with van der Waals surface area (Å²) in [6, 6.07) is 8.06.